The summed E-state index contributed by atoms with van der Waals surface area (Å²) in [6.45, 7) is 9.64. The first kappa shape index (κ1) is 63.5. The third-order valence-electron chi connectivity index (χ3n) is 11.0. The highest BCUT2D eigenvalue weighted by Gasteiger charge is 2.37. The smallest absolute Gasteiger partial charge is 0.326 e. The molecule has 26 nitrogen and oxygen atoms in total. The minimum atomic E-state index is -1.84. The maximum absolute atomic E-state index is 14.1. The van der Waals surface area contributed by atoms with E-state index in [0.717, 1.165) is 6.92 Å². The molecule has 0 aliphatic rings. The van der Waals surface area contributed by atoms with Gasteiger partial charge in [0.25, 0.3) is 0 Å². The largest absolute Gasteiger partial charge is 0.508 e. The van der Waals surface area contributed by atoms with Gasteiger partial charge in [0.15, 0.2) is 0 Å². The molecular formula is C46H77N11O15. The van der Waals surface area contributed by atoms with Crippen molar-refractivity contribution < 1.29 is 73.5 Å². The van der Waals surface area contributed by atoms with E-state index in [-0.39, 0.29) is 49.8 Å². The minimum absolute atomic E-state index is 0.000790. The van der Waals surface area contributed by atoms with Crippen molar-refractivity contribution in [2.75, 3.05) is 19.8 Å². The third kappa shape index (κ3) is 22.7. The summed E-state index contributed by atoms with van der Waals surface area (Å²) in [6, 6.07) is -8.26. The topological polar surface area (TPSA) is 446 Å². The molecule has 1 aromatic carbocycles. The van der Waals surface area contributed by atoms with Gasteiger partial charge >= 0.3 is 5.97 Å². The van der Waals surface area contributed by atoms with Gasteiger partial charge in [-0.1, -0.05) is 53.7 Å². The van der Waals surface area contributed by atoms with Gasteiger partial charge in [0.1, 0.15) is 54.1 Å². The molecule has 1 rings (SSSR count). The van der Waals surface area contributed by atoms with Crippen molar-refractivity contribution in [2.24, 2.45) is 35.0 Å². The molecular weight excluding hydrogens is 947 g/mol. The van der Waals surface area contributed by atoms with Crippen molar-refractivity contribution in [3.05, 3.63) is 29.8 Å². The summed E-state index contributed by atoms with van der Waals surface area (Å²) in [4.78, 5) is 132. The van der Waals surface area contributed by atoms with Crippen LogP contribution in [0.25, 0.3) is 0 Å². The Hall–Kier alpha value is -6.48. The number of nitrogens with two attached hydrogens (primary N) is 3. The second-order valence-electron chi connectivity index (χ2n) is 18.7. The van der Waals surface area contributed by atoms with Gasteiger partial charge in [0.05, 0.1) is 31.8 Å². The summed E-state index contributed by atoms with van der Waals surface area (Å²) in [5.41, 5.74) is 17.2. The van der Waals surface area contributed by atoms with Crippen LogP contribution < -0.4 is 59.7 Å². The van der Waals surface area contributed by atoms with E-state index < -0.39 is 145 Å². The Bertz CT molecular complexity index is 1990. The molecule has 0 unspecified atom stereocenters. The number of carbonyl (C=O) groups is 10. The standard InChI is InChI=1S/C46H77N11O15/c1-22(2)16-28(48)38(63)54-34(21-59)43(68)56-36(24(5)6)44(69)57-37(25(7)60)45(70)53-32(19-35(49)62)41(66)51-30(17-23(3)4)39(64)52-31(18-26-11-13-27(61)14-12-26)40(65)55-33(20-58)42(67)50-29(46(71)72)10-8-9-15-47/h11-14,22-25,28-34,36-37,58-61H,8-10,15-21,47-48H2,1-7H3,(H2,49,62)(H,50,67)(H,51,66)(H,52,64)(H,53,70)(H,54,63)(H,55,65)(H,56,68)(H,57,69)(H,71,72)/t25-,28+,29+,30+,31+,32+,33+,34+,36+,37+/m1/s1. The molecule has 72 heavy (non-hydrogen) atoms. The summed E-state index contributed by atoms with van der Waals surface area (Å²) < 4.78 is 0. The second kappa shape index (κ2) is 31.8. The zero-order chi connectivity index (χ0) is 55.0. The SMILES string of the molecule is CC(C)C[C@H](NC(=O)[C@H](CC(N)=O)NC(=O)[C@@H](NC(=O)[C@@H](NC(=O)[C@H](CO)NC(=O)[C@@H](N)CC(C)C)C(C)C)[C@@H](C)O)C(=O)N[C@@H](Cc1ccc(O)cc1)C(=O)N[C@@H](CO)C(=O)N[C@@H](CCCCN)C(=O)O. The van der Waals surface area contributed by atoms with Crippen LogP contribution in [0.15, 0.2) is 24.3 Å². The van der Waals surface area contributed by atoms with Gasteiger partial charge in [-0.3, -0.25) is 43.2 Å². The number of carboxylic acid groups (broad SMARTS) is 1. The molecule has 9 amide bonds. The van der Waals surface area contributed by atoms with Crippen LogP contribution in [0.3, 0.4) is 0 Å². The molecule has 19 N–H and O–H groups in total. The molecule has 0 aliphatic carbocycles. The van der Waals surface area contributed by atoms with Gasteiger partial charge in [-0.25, -0.2) is 4.79 Å². The van der Waals surface area contributed by atoms with E-state index in [0.29, 0.717) is 18.4 Å². The van der Waals surface area contributed by atoms with Crippen LogP contribution in [0.1, 0.15) is 92.6 Å². The first-order valence-corrected chi connectivity index (χ1v) is 23.7. The number of rotatable bonds is 33. The molecule has 10 atom stereocenters. The number of aliphatic carboxylic acids is 1. The third-order valence-corrected chi connectivity index (χ3v) is 11.0. The Morgan fingerprint density at radius 3 is 1.46 bits per heavy atom. The zero-order valence-electron chi connectivity index (χ0n) is 41.9. The number of primary amides is 1. The summed E-state index contributed by atoms with van der Waals surface area (Å²) in [5.74, 6) is -11.7. The Labute approximate surface area is 418 Å². The van der Waals surface area contributed by atoms with Gasteiger partial charge in [-0.05, 0) is 81.0 Å². The molecule has 0 aliphatic heterocycles. The van der Waals surface area contributed by atoms with Gasteiger partial charge in [0.2, 0.25) is 53.2 Å². The number of phenolic OH excluding ortho intramolecular Hbond substituents is 1. The summed E-state index contributed by atoms with van der Waals surface area (Å²) >= 11 is 0. The molecule has 26 heteroatoms. The molecule has 406 valence electrons. The number of carbonyl (C=O) groups excluding carboxylic acids is 9. The lowest BCUT2D eigenvalue weighted by Gasteiger charge is -2.29. The highest BCUT2D eigenvalue weighted by molar-refractivity contribution is 5.99. The fourth-order valence-corrected chi connectivity index (χ4v) is 7.01. The van der Waals surface area contributed by atoms with Crippen LogP contribution in [0.2, 0.25) is 0 Å². The second-order valence-corrected chi connectivity index (χ2v) is 18.7. The Morgan fingerprint density at radius 2 is 0.972 bits per heavy atom. The lowest BCUT2D eigenvalue weighted by atomic mass is 10.00. The zero-order valence-corrected chi connectivity index (χ0v) is 41.9. The van der Waals surface area contributed by atoms with E-state index in [4.69, 9.17) is 17.2 Å². The Balaban J connectivity index is 3.42. The molecule has 0 radical (unpaired) electrons. The highest BCUT2D eigenvalue weighted by Crippen LogP contribution is 2.14. The maximum Gasteiger partial charge on any atom is 0.326 e. The van der Waals surface area contributed by atoms with E-state index in [1.807, 2.05) is 13.8 Å². The Kier molecular flexibility index (Phi) is 28.0. The van der Waals surface area contributed by atoms with Crippen LogP contribution in [0.5, 0.6) is 5.75 Å². The number of amides is 9. The number of hydrogen-bond acceptors (Lipinski definition) is 16. The molecule has 1 aromatic rings. The van der Waals surface area contributed by atoms with E-state index in [2.05, 4.69) is 42.5 Å². The quantitative estimate of drug-likeness (QED) is 0.0294. The number of benzene rings is 1. The predicted molar refractivity (Wildman–Crippen MR) is 259 cm³/mol. The normalized spacial score (nSPS) is 15.5. The summed E-state index contributed by atoms with van der Waals surface area (Å²) in [5, 5.41) is 69.0. The number of hydrogen-bond donors (Lipinski definition) is 16. The lowest BCUT2D eigenvalue weighted by molar-refractivity contribution is -0.143. The molecule has 0 saturated heterocycles. The number of aromatic hydroxyl groups is 1. The van der Waals surface area contributed by atoms with Crippen molar-refractivity contribution in [1.29, 1.82) is 0 Å². The monoisotopic (exact) mass is 1020 g/mol. The van der Waals surface area contributed by atoms with Gasteiger partial charge < -0.3 is 85.3 Å². The molecule has 0 heterocycles. The number of carboxylic acids is 1. The average molecular weight is 1020 g/mol. The maximum atomic E-state index is 14.1. The molecule has 0 saturated carbocycles. The minimum Gasteiger partial charge on any atom is -0.508 e. The van der Waals surface area contributed by atoms with Crippen LogP contribution >= 0.6 is 0 Å². The van der Waals surface area contributed by atoms with Crippen LogP contribution in [0, 0.1) is 17.8 Å². The molecule has 0 fully saturated rings. The van der Waals surface area contributed by atoms with Crippen molar-refractivity contribution >= 4 is 59.1 Å². The first-order valence-electron chi connectivity index (χ1n) is 23.7. The molecule has 0 aromatic heterocycles. The molecule has 0 bridgehead atoms. The first-order chi connectivity index (χ1) is 33.6. The summed E-state index contributed by atoms with van der Waals surface area (Å²) in [7, 11) is 0. The van der Waals surface area contributed by atoms with Gasteiger partial charge in [-0.2, -0.15) is 0 Å². The van der Waals surface area contributed by atoms with Crippen LogP contribution in [-0.4, -0.2) is 165 Å². The van der Waals surface area contributed by atoms with Gasteiger partial charge in [0, 0.05) is 6.42 Å². The van der Waals surface area contributed by atoms with Crippen molar-refractivity contribution in [1.82, 2.24) is 42.5 Å². The van der Waals surface area contributed by atoms with Crippen LogP contribution in [-0.2, 0) is 54.4 Å². The number of aliphatic hydroxyl groups excluding tert-OH is 3. The van der Waals surface area contributed by atoms with E-state index in [9.17, 15) is 73.5 Å². The van der Waals surface area contributed by atoms with E-state index in [1.54, 1.807) is 13.8 Å². The fraction of sp³-hybridized carbons (Fsp3) is 0.652. The highest BCUT2D eigenvalue weighted by atomic mass is 16.4. The molecule has 0 spiro atoms. The number of nitrogens with one attached hydrogen (secondary N) is 8. The van der Waals surface area contributed by atoms with Crippen molar-refractivity contribution in [3.8, 4) is 5.75 Å². The van der Waals surface area contributed by atoms with Gasteiger partial charge in [-0.15, -0.1) is 0 Å². The average Bonchev–Trinajstić information content (AvgIpc) is 3.29. The predicted octanol–water partition coefficient (Wildman–Crippen LogP) is -4.66. The van der Waals surface area contributed by atoms with Crippen LogP contribution in [0.4, 0.5) is 0 Å². The number of unbranched alkanes of at least 4 members (excludes halogenated alkanes) is 1. The number of phenols is 1. The van der Waals surface area contributed by atoms with E-state index >= 15 is 0 Å². The Morgan fingerprint density at radius 1 is 0.542 bits per heavy atom. The van der Waals surface area contributed by atoms with Crippen molar-refractivity contribution in [2.45, 2.75) is 154 Å². The number of aliphatic hydroxyl groups is 3. The van der Waals surface area contributed by atoms with E-state index in [1.165, 1.54) is 38.1 Å². The fourth-order valence-electron chi connectivity index (χ4n) is 7.01. The lowest BCUT2D eigenvalue weighted by Crippen LogP contribution is -2.63. The van der Waals surface area contributed by atoms with Crippen molar-refractivity contribution in [3.63, 3.8) is 0 Å². The summed E-state index contributed by atoms with van der Waals surface area (Å²) in [6.07, 6.45) is -1.82.